The van der Waals surface area contributed by atoms with Crippen molar-refractivity contribution in [3.05, 3.63) is 72.0 Å². The number of amides is 1. The molecule has 3 aromatic carbocycles. The number of aryl methyl sites for hydroxylation is 2. The Bertz CT molecular complexity index is 1530. The van der Waals surface area contributed by atoms with E-state index < -0.39 is 10.0 Å². The summed E-state index contributed by atoms with van der Waals surface area (Å²) in [5, 5.41) is 2.72. The standard InChI is InChI=1S/C29H29NO4S/c31-29(21-9-2-1-3-10-21)30(35(32,33)24-16-14-20-8-4-5-11-22(20)18-24)23-15-17-28-26(19-23)25-12-6-7-13-27(25)34-28/h4-5,8,11,14-19,21H,1-3,6-7,9-10,12-13H2. The van der Waals surface area contributed by atoms with Crippen LogP contribution in [-0.4, -0.2) is 14.3 Å². The molecule has 1 aromatic heterocycles. The van der Waals surface area contributed by atoms with Crippen LogP contribution in [0.2, 0.25) is 0 Å². The monoisotopic (exact) mass is 487 g/mol. The zero-order chi connectivity index (χ0) is 24.0. The second-order valence-electron chi connectivity index (χ2n) is 9.84. The highest BCUT2D eigenvalue weighted by Gasteiger charge is 2.36. The summed E-state index contributed by atoms with van der Waals surface area (Å²) in [5.41, 5.74) is 2.31. The van der Waals surface area contributed by atoms with Gasteiger partial charge in [-0.2, -0.15) is 0 Å². The third kappa shape index (κ3) is 3.94. The SMILES string of the molecule is O=C(C1CCCCC1)N(c1ccc2oc3c(c2c1)CCCC3)S(=O)(=O)c1ccc2ccccc2c1. The second-order valence-corrected chi connectivity index (χ2v) is 11.6. The molecule has 0 radical (unpaired) electrons. The van der Waals surface area contributed by atoms with Crippen molar-refractivity contribution in [2.24, 2.45) is 5.92 Å². The highest BCUT2D eigenvalue weighted by Crippen LogP contribution is 2.37. The van der Waals surface area contributed by atoms with E-state index >= 15 is 0 Å². The van der Waals surface area contributed by atoms with Crippen LogP contribution in [0, 0.1) is 5.92 Å². The van der Waals surface area contributed by atoms with Crippen LogP contribution in [-0.2, 0) is 27.7 Å². The Kier molecular flexibility index (Phi) is 5.64. The predicted molar refractivity (Wildman–Crippen MR) is 138 cm³/mol. The molecule has 0 saturated heterocycles. The molecule has 6 heteroatoms. The van der Waals surface area contributed by atoms with Gasteiger partial charge in [0.05, 0.1) is 10.6 Å². The summed E-state index contributed by atoms with van der Waals surface area (Å²) in [5.74, 6) is 0.383. The summed E-state index contributed by atoms with van der Waals surface area (Å²) < 4.78 is 35.4. The van der Waals surface area contributed by atoms with Crippen LogP contribution >= 0.6 is 0 Å². The molecule has 0 atom stereocenters. The fraction of sp³-hybridized carbons (Fsp3) is 0.345. The first kappa shape index (κ1) is 22.4. The highest BCUT2D eigenvalue weighted by molar-refractivity contribution is 7.93. The van der Waals surface area contributed by atoms with Gasteiger partial charge in [-0.15, -0.1) is 0 Å². The molecule has 0 unspecified atom stereocenters. The minimum absolute atomic E-state index is 0.134. The molecule has 0 spiro atoms. The van der Waals surface area contributed by atoms with E-state index in [2.05, 4.69) is 0 Å². The molecule has 1 saturated carbocycles. The number of nitrogens with zero attached hydrogens (tertiary/aromatic N) is 1. The maximum Gasteiger partial charge on any atom is 0.270 e. The molecule has 35 heavy (non-hydrogen) atoms. The Labute approximate surface area is 205 Å². The van der Waals surface area contributed by atoms with Crippen LogP contribution in [0.25, 0.3) is 21.7 Å². The first-order valence-electron chi connectivity index (χ1n) is 12.6. The van der Waals surface area contributed by atoms with Crippen molar-refractivity contribution in [1.82, 2.24) is 0 Å². The second kappa shape index (κ2) is 8.83. The fourth-order valence-corrected chi connectivity index (χ4v) is 7.21. The molecule has 1 amide bonds. The summed E-state index contributed by atoms with van der Waals surface area (Å²) in [7, 11) is -4.11. The van der Waals surface area contributed by atoms with Crippen molar-refractivity contribution in [2.75, 3.05) is 4.31 Å². The lowest BCUT2D eigenvalue weighted by Crippen LogP contribution is -2.41. The molecular weight excluding hydrogens is 458 g/mol. The average molecular weight is 488 g/mol. The van der Waals surface area contributed by atoms with Gasteiger partial charge in [0.15, 0.2) is 0 Å². The maximum absolute atomic E-state index is 14.1. The molecule has 1 heterocycles. The van der Waals surface area contributed by atoms with Crippen molar-refractivity contribution in [3.8, 4) is 0 Å². The van der Waals surface area contributed by atoms with E-state index in [1.54, 1.807) is 24.3 Å². The van der Waals surface area contributed by atoms with Crippen LogP contribution in [0.3, 0.4) is 0 Å². The van der Waals surface area contributed by atoms with Crippen LogP contribution in [0.1, 0.15) is 56.3 Å². The molecule has 2 aliphatic carbocycles. The number of fused-ring (bicyclic) bond motifs is 4. The van der Waals surface area contributed by atoms with Gasteiger partial charge in [0.25, 0.3) is 10.0 Å². The van der Waals surface area contributed by atoms with Crippen molar-refractivity contribution >= 4 is 43.4 Å². The minimum Gasteiger partial charge on any atom is -0.461 e. The van der Waals surface area contributed by atoms with Crippen molar-refractivity contribution in [3.63, 3.8) is 0 Å². The summed E-state index contributed by atoms with van der Waals surface area (Å²) in [6.45, 7) is 0. The lowest BCUT2D eigenvalue weighted by molar-refractivity contribution is -0.122. The van der Waals surface area contributed by atoms with Gasteiger partial charge < -0.3 is 4.42 Å². The number of hydrogen-bond donors (Lipinski definition) is 0. The number of carbonyl (C=O) groups is 1. The third-order valence-electron chi connectivity index (χ3n) is 7.59. The molecule has 4 aromatic rings. The van der Waals surface area contributed by atoms with Gasteiger partial charge in [-0.05, 0) is 73.2 Å². The zero-order valence-corrected chi connectivity index (χ0v) is 20.5. The smallest absolute Gasteiger partial charge is 0.270 e. The predicted octanol–water partition coefficient (Wildman–Crippen LogP) is 6.77. The van der Waals surface area contributed by atoms with Crippen LogP contribution in [0.5, 0.6) is 0 Å². The van der Waals surface area contributed by atoms with E-state index in [4.69, 9.17) is 4.42 Å². The Morgan fingerprint density at radius 2 is 1.60 bits per heavy atom. The van der Waals surface area contributed by atoms with E-state index in [1.165, 1.54) is 0 Å². The molecular formula is C29H29NO4S. The quantitative estimate of drug-likeness (QED) is 0.319. The average Bonchev–Trinajstić information content (AvgIpc) is 3.27. The number of sulfonamides is 1. The first-order valence-corrected chi connectivity index (χ1v) is 14.1. The van der Waals surface area contributed by atoms with Gasteiger partial charge in [0, 0.05) is 23.3 Å². The van der Waals surface area contributed by atoms with Crippen molar-refractivity contribution < 1.29 is 17.6 Å². The topological polar surface area (TPSA) is 67.6 Å². The molecule has 6 rings (SSSR count). The first-order chi connectivity index (χ1) is 17.0. The number of hydrogen-bond acceptors (Lipinski definition) is 4. The molecule has 5 nitrogen and oxygen atoms in total. The van der Waals surface area contributed by atoms with Crippen LogP contribution in [0.15, 0.2) is 70.0 Å². The minimum atomic E-state index is -4.11. The molecule has 1 fully saturated rings. The van der Waals surface area contributed by atoms with E-state index in [9.17, 15) is 13.2 Å². The van der Waals surface area contributed by atoms with Gasteiger partial charge in [0.1, 0.15) is 11.3 Å². The van der Waals surface area contributed by atoms with E-state index in [0.717, 1.165) is 95.2 Å². The largest absolute Gasteiger partial charge is 0.461 e. The molecule has 180 valence electrons. The number of furan rings is 1. The molecule has 0 aliphatic heterocycles. The van der Waals surface area contributed by atoms with Crippen LogP contribution < -0.4 is 4.31 Å². The van der Waals surface area contributed by atoms with Gasteiger partial charge >= 0.3 is 0 Å². The Morgan fingerprint density at radius 3 is 2.43 bits per heavy atom. The Balaban J connectivity index is 1.50. The highest BCUT2D eigenvalue weighted by atomic mass is 32.2. The normalized spacial score (nSPS) is 16.9. The van der Waals surface area contributed by atoms with Crippen LogP contribution in [0.4, 0.5) is 5.69 Å². The van der Waals surface area contributed by atoms with Gasteiger partial charge in [0.2, 0.25) is 5.91 Å². The summed E-state index contributed by atoms with van der Waals surface area (Å²) >= 11 is 0. The van der Waals surface area contributed by atoms with E-state index in [1.807, 2.05) is 36.4 Å². The van der Waals surface area contributed by atoms with E-state index in [0.29, 0.717) is 5.69 Å². The third-order valence-corrected chi connectivity index (χ3v) is 9.31. The van der Waals surface area contributed by atoms with Gasteiger partial charge in [-0.1, -0.05) is 49.6 Å². The summed E-state index contributed by atoms with van der Waals surface area (Å²) in [4.78, 5) is 14.0. The summed E-state index contributed by atoms with van der Waals surface area (Å²) in [6.07, 6.45) is 8.46. The molecule has 0 bridgehead atoms. The zero-order valence-electron chi connectivity index (χ0n) is 19.7. The maximum atomic E-state index is 14.1. The number of benzene rings is 3. The Hall–Kier alpha value is -3.12. The van der Waals surface area contributed by atoms with Gasteiger partial charge in [-0.3, -0.25) is 4.79 Å². The Morgan fingerprint density at radius 1 is 0.829 bits per heavy atom. The number of rotatable bonds is 4. The fourth-order valence-electron chi connectivity index (χ4n) is 5.71. The lowest BCUT2D eigenvalue weighted by atomic mass is 9.88. The van der Waals surface area contributed by atoms with Crippen molar-refractivity contribution in [1.29, 1.82) is 0 Å². The molecule has 0 N–H and O–H groups in total. The number of carbonyl (C=O) groups excluding carboxylic acids is 1. The number of anilines is 1. The van der Waals surface area contributed by atoms with Crippen molar-refractivity contribution in [2.45, 2.75) is 62.7 Å². The lowest BCUT2D eigenvalue weighted by Gasteiger charge is -2.29. The summed E-state index contributed by atoms with van der Waals surface area (Å²) in [6, 6.07) is 18.1. The van der Waals surface area contributed by atoms with E-state index in [-0.39, 0.29) is 16.7 Å². The molecule has 2 aliphatic rings. The van der Waals surface area contributed by atoms with Gasteiger partial charge in [-0.25, -0.2) is 12.7 Å².